The molecular weight excluding hydrogens is 112 g/mol. The molecule has 9 heavy (non-hydrogen) atoms. The van der Waals surface area contributed by atoms with Crippen LogP contribution in [-0.4, -0.2) is 32.2 Å². The van der Waals surface area contributed by atoms with Gasteiger partial charge in [-0.3, -0.25) is 0 Å². The van der Waals surface area contributed by atoms with Crippen LogP contribution in [0.3, 0.4) is 0 Å². The maximum absolute atomic E-state index is 2.23. The van der Waals surface area contributed by atoms with Crippen molar-refractivity contribution in [3.05, 3.63) is 0 Å². The second kappa shape index (κ2) is 4.77. The van der Waals surface area contributed by atoms with E-state index >= 15 is 0 Å². The average Bonchev–Trinajstić information content (AvgIpc) is 1.59. The van der Waals surface area contributed by atoms with E-state index in [2.05, 4.69) is 28.1 Å². The second-order valence-electron chi connectivity index (χ2n) is 3.37. The fourth-order valence-electron chi connectivity index (χ4n) is 0.632. The summed E-state index contributed by atoms with van der Waals surface area (Å²) in [6, 6.07) is 0. The molecule has 0 aliphatic heterocycles. The normalized spacial score (nSPS) is 10.7. The SMILES string of the molecule is CCCC[N+](C)(C)C.N. The van der Waals surface area contributed by atoms with E-state index in [1.807, 2.05) is 0 Å². The van der Waals surface area contributed by atoms with Gasteiger partial charge in [0, 0.05) is 0 Å². The summed E-state index contributed by atoms with van der Waals surface area (Å²) in [6.45, 7) is 3.53. The van der Waals surface area contributed by atoms with Gasteiger partial charge in [0.25, 0.3) is 0 Å². The van der Waals surface area contributed by atoms with E-state index in [1.165, 1.54) is 19.4 Å². The Bertz CT molecular complexity index is 54.4. The van der Waals surface area contributed by atoms with Crippen LogP contribution in [0.15, 0.2) is 0 Å². The van der Waals surface area contributed by atoms with E-state index in [1.54, 1.807) is 0 Å². The van der Waals surface area contributed by atoms with E-state index < -0.39 is 0 Å². The van der Waals surface area contributed by atoms with E-state index in [0.717, 1.165) is 4.48 Å². The molecule has 0 rings (SSSR count). The third kappa shape index (κ3) is 11.5. The summed E-state index contributed by atoms with van der Waals surface area (Å²) in [5.41, 5.74) is 0. The highest BCUT2D eigenvalue weighted by atomic mass is 15.3. The topological polar surface area (TPSA) is 35.0 Å². The molecule has 58 valence electrons. The molecule has 0 heterocycles. The Morgan fingerprint density at radius 2 is 1.56 bits per heavy atom. The minimum absolute atomic E-state index is 0. The largest absolute Gasteiger partial charge is 0.344 e. The van der Waals surface area contributed by atoms with E-state index in [0.29, 0.717) is 0 Å². The Kier molecular flexibility index (Phi) is 6.19. The quantitative estimate of drug-likeness (QED) is 0.584. The summed E-state index contributed by atoms with van der Waals surface area (Å²) in [7, 11) is 6.70. The molecule has 0 spiro atoms. The van der Waals surface area contributed by atoms with Crippen LogP contribution in [-0.2, 0) is 0 Å². The molecule has 0 aliphatic rings. The first-order valence-corrected chi connectivity index (χ1v) is 3.36. The first kappa shape index (κ1) is 11.7. The molecule has 0 aromatic rings. The van der Waals surface area contributed by atoms with Crippen LogP contribution in [0.1, 0.15) is 19.8 Å². The van der Waals surface area contributed by atoms with Crippen LogP contribution in [0.5, 0.6) is 0 Å². The Labute approximate surface area is 59.0 Å². The first-order chi connectivity index (χ1) is 3.56. The van der Waals surface area contributed by atoms with Gasteiger partial charge in [-0.2, -0.15) is 0 Å². The third-order valence-corrected chi connectivity index (χ3v) is 1.18. The van der Waals surface area contributed by atoms with Crippen LogP contribution >= 0.6 is 0 Å². The monoisotopic (exact) mass is 133 g/mol. The van der Waals surface area contributed by atoms with Gasteiger partial charge in [-0.05, 0) is 6.42 Å². The van der Waals surface area contributed by atoms with Gasteiger partial charge in [0.1, 0.15) is 0 Å². The van der Waals surface area contributed by atoms with Gasteiger partial charge in [-0.1, -0.05) is 13.3 Å². The van der Waals surface area contributed by atoms with Crippen molar-refractivity contribution in [2.45, 2.75) is 19.8 Å². The molecule has 0 saturated carbocycles. The number of rotatable bonds is 3. The number of hydrogen-bond acceptors (Lipinski definition) is 1. The highest BCUT2D eigenvalue weighted by Crippen LogP contribution is 1.94. The lowest BCUT2D eigenvalue weighted by Gasteiger charge is -2.23. The van der Waals surface area contributed by atoms with Crippen molar-refractivity contribution in [2.75, 3.05) is 27.7 Å². The molecule has 0 atom stereocenters. The Morgan fingerprint density at radius 3 is 1.67 bits per heavy atom. The minimum Gasteiger partial charge on any atom is -0.344 e. The lowest BCUT2D eigenvalue weighted by molar-refractivity contribution is -0.870. The maximum Gasteiger partial charge on any atom is 0.0780 e. The van der Waals surface area contributed by atoms with E-state index in [-0.39, 0.29) is 6.15 Å². The van der Waals surface area contributed by atoms with Crippen LogP contribution in [0.2, 0.25) is 0 Å². The van der Waals surface area contributed by atoms with Crippen LogP contribution in [0.4, 0.5) is 0 Å². The molecule has 0 amide bonds. The molecule has 0 bridgehead atoms. The molecule has 2 heteroatoms. The predicted molar refractivity (Wildman–Crippen MR) is 42.8 cm³/mol. The summed E-state index contributed by atoms with van der Waals surface area (Å²) >= 11 is 0. The molecule has 0 aliphatic carbocycles. The Balaban J connectivity index is 0. The van der Waals surface area contributed by atoms with Crippen molar-refractivity contribution in [1.29, 1.82) is 0 Å². The fourth-order valence-corrected chi connectivity index (χ4v) is 0.632. The second-order valence-corrected chi connectivity index (χ2v) is 3.37. The standard InChI is InChI=1S/C7H18N.H3N/c1-5-6-7-8(2,3)4;/h5-7H2,1-4H3;1H3/q+1;. The number of hydrogen-bond donors (Lipinski definition) is 1. The zero-order valence-corrected chi connectivity index (χ0v) is 7.28. The van der Waals surface area contributed by atoms with Gasteiger partial charge in [-0.25, -0.2) is 0 Å². The van der Waals surface area contributed by atoms with Gasteiger partial charge in [0.05, 0.1) is 27.7 Å². The van der Waals surface area contributed by atoms with Crippen molar-refractivity contribution in [1.82, 2.24) is 6.15 Å². The lowest BCUT2D eigenvalue weighted by atomic mass is 10.3. The predicted octanol–water partition coefficient (Wildman–Crippen LogP) is 1.65. The molecule has 0 fully saturated rings. The Hall–Kier alpha value is -0.0800. The summed E-state index contributed by atoms with van der Waals surface area (Å²) in [5.74, 6) is 0. The summed E-state index contributed by atoms with van der Waals surface area (Å²) in [5, 5.41) is 0. The fraction of sp³-hybridized carbons (Fsp3) is 1.00. The number of unbranched alkanes of at least 4 members (excludes halogenated alkanes) is 1. The Morgan fingerprint density at radius 1 is 1.11 bits per heavy atom. The maximum atomic E-state index is 2.23. The summed E-state index contributed by atoms with van der Waals surface area (Å²) in [6.07, 6.45) is 2.67. The molecule has 0 saturated heterocycles. The first-order valence-electron chi connectivity index (χ1n) is 3.36. The number of nitrogens with zero attached hydrogens (tertiary/aromatic N) is 1. The van der Waals surface area contributed by atoms with Crippen LogP contribution < -0.4 is 6.15 Å². The highest BCUT2D eigenvalue weighted by Gasteiger charge is 2.02. The zero-order valence-electron chi connectivity index (χ0n) is 7.28. The molecule has 3 N–H and O–H groups in total. The van der Waals surface area contributed by atoms with Crippen molar-refractivity contribution in [3.8, 4) is 0 Å². The van der Waals surface area contributed by atoms with Crippen molar-refractivity contribution >= 4 is 0 Å². The molecule has 0 aromatic carbocycles. The summed E-state index contributed by atoms with van der Waals surface area (Å²) in [4.78, 5) is 0. The van der Waals surface area contributed by atoms with Crippen LogP contribution in [0, 0.1) is 0 Å². The smallest absolute Gasteiger partial charge is 0.0780 e. The molecular formula is C7H21N2+. The van der Waals surface area contributed by atoms with Crippen molar-refractivity contribution in [2.24, 2.45) is 0 Å². The van der Waals surface area contributed by atoms with Gasteiger partial charge in [0.15, 0.2) is 0 Å². The lowest BCUT2D eigenvalue weighted by Crippen LogP contribution is -2.35. The highest BCUT2D eigenvalue weighted by molar-refractivity contribution is 4.29. The van der Waals surface area contributed by atoms with Gasteiger partial charge >= 0.3 is 0 Å². The minimum atomic E-state index is 0. The molecule has 0 radical (unpaired) electrons. The van der Waals surface area contributed by atoms with E-state index in [4.69, 9.17) is 0 Å². The molecule has 0 aromatic heterocycles. The molecule has 0 unspecified atom stereocenters. The zero-order chi connectivity index (χ0) is 6.62. The molecule has 2 nitrogen and oxygen atoms in total. The van der Waals surface area contributed by atoms with Gasteiger partial charge < -0.3 is 10.6 Å². The van der Waals surface area contributed by atoms with Gasteiger partial charge in [-0.15, -0.1) is 0 Å². The van der Waals surface area contributed by atoms with Crippen LogP contribution in [0.25, 0.3) is 0 Å². The van der Waals surface area contributed by atoms with E-state index in [9.17, 15) is 0 Å². The summed E-state index contributed by atoms with van der Waals surface area (Å²) < 4.78 is 1.10. The van der Waals surface area contributed by atoms with Gasteiger partial charge in [0.2, 0.25) is 0 Å². The van der Waals surface area contributed by atoms with Crippen molar-refractivity contribution < 1.29 is 4.48 Å². The third-order valence-electron chi connectivity index (χ3n) is 1.18. The number of quaternary nitrogens is 1. The average molecular weight is 133 g/mol. The van der Waals surface area contributed by atoms with Crippen molar-refractivity contribution in [3.63, 3.8) is 0 Å².